The summed E-state index contributed by atoms with van der Waals surface area (Å²) >= 11 is 0. The number of carbonyl (C=O) groups is 1. The molecule has 1 aliphatic heterocycles. The van der Waals surface area contributed by atoms with E-state index in [2.05, 4.69) is 10.6 Å². The van der Waals surface area contributed by atoms with Crippen molar-refractivity contribution < 1.29 is 14.8 Å². The lowest BCUT2D eigenvalue weighted by molar-refractivity contribution is -0.384. The Kier molecular flexibility index (Phi) is 6.94. The van der Waals surface area contributed by atoms with Crippen molar-refractivity contribution in [2.45, 2.75) is 0 Å². The summed E-state index contributed by atoms with van der Waals surface area (Å²) in [5.41, 5.74) is 0.593. The van der Waals surface area contributed by atoms with Gasteiger partial charge in [-0.25, -0.2) is 4.79 Å². The monoisotopic (exact) mass is 279 g/mol. The summed E-state index contributed by atoms with van der Waals surface area (Å²) in [5.74, 6) is -1.05. The van der Waals surface area contributed by atoms with Gasteiger partial charge < -0.3 is 15.7 Å². The van der Waals surface area contributed by atoms with Crippen LogP contribution >= 0.6 is 0 Å². The first-order valence-electron chi connectivity index (χ1n) is 6.16. The van der Waals surface area contributed by atoms with Crippen LogP contribution in [0.4, 0.5) is 5.69 Å². The van der Waals surface area contributed by atoms with Gasteiger partial charge in [0.2, 0.25) is 0 Å². The molecule has 1 aromatic rings. The predicted octanol–water partition coefficient (Wildman–Crippen LogP) is 0.872. The van der Waals surface area contributed by atoms with Gasteiger partial charge >= 0.3 is 5.97 Å². The Hall–Kier alpha value is -2.25. The van der Waals surface area contributed by atoms with Crippen LogP contribution in [-0.4, -0.2) is 42.2 Å². The SMILES string of the molecule is C1CNCCN1.O=C(O)/C=C/c1ccc([N+](=O)[O-])cc1. The molecule has 0 amide bonds. The van der Waals surface area contributed by atoms with Crippen molar-refractivity contribution in [3.8, 4) is 0 Å². The van der Waals surface area contributed by atoms with Gasteiger partial charge in [0.1, 0.15) is 0 Å². The van der Waals surface area contributed by atoms with Gasteiger partial charge in [0.25, 0.3) is 5.69 Å². The van der Waals surface area contributed by atoms with E-state index in [0.29, 0.717) is 5.56 Å². The van der Waals surface area contributed by atoms with E-state index in [0.717, 1.165) is 32.3 Å². The van der Waals surface area contributed by atoms with Crippen LogP contribution in [-0.2, 0) is 4.79 Å². The highest BCUT2D eigenvalue weighted by Gasteiger charge is 2.02. The van der Waals surface area contributed by atoms with Crippen LogP contribution in [0.5, 0.6) is 0 Å². The lowest BCUT2D eigenvalue weighted by Gasteiger charge is -2.11. The minimum atomic E-state index is -1.05. The molecule has 20 heavy (non-hydrogen) atoms. The average Bonchev–Trinajstić information content (AvgIpc) is 2.48. The number of hydrogen-bond donors (Lipinski definition) is 3. The lowest BCUT2D eigenvalue weighted by atomic mass is 10.2. The Morgan fingerprint density at radius 2 is 1.65 bits per heavy atom. The molecule has 0 spiro atoms. The fourth-order valence-electron chi connectivity index (χ4n) is 1.48. The van der Waals surface area contributed by atoms with Gasteiger partial charge in [0.15, 0.2) is 0 Å². The summed E-state index contributed by atoms with van der Waals surface area (Å²) in [7, 11) is 0. The maximum atomic E-state index is 10.3. The van der Waals surface area contributed by atoms with E-state index in [1.54, 1.807) is 0 Å². The molecule has 1 aliphatic rings. The van der Waals surface area contributed by atoms with Crippen LogP contribution < -0.4 is 10.6 Å². The molecule has 1 saturated heterocycles. The molecule has 1 aromatic carbocycles. The molecule has 1 fully saturated rings. The molecule has 0 aliphatic carbocycles. The van der Waals surface area contributed by atoms with Crippen molar-refractivity contribution in [2.75, 3.05) is 26.2 Å². The highest BCUT2D eigenvalue weighted by Crippen LogP contribution is 2.12. The zero-order valence-corrected chi connectivity index (χ0v) is 10.9. The Bertz CT molecular complexity index is 455. The summed E-state index contributed by atoms with van der Waals surface area (Å²) < 4.78 is 0. The van der Waals surface area contributed by atoms with Gasteiger partial charge in [0, 0.05) is 44.4 Å². The van der Waals surface area contributed by atoms with Crippen molar-refractivity contribution in [2.24, 2.45) is 0 Å². The average molecular weight is 279 g/mol. The molecule has 0 saturated carbocycles. The Balaban J connectivity index is 0.000000276. The normalized spacial score (nSPS) is 14.4. The molecule has 1 heterocycles. The number of benzene rings is 1. The molecule has 0 unspecified atom stereocenters. The largest absolute Gasteiger partial charge is 0.478 e. The van der Waals surface area contributed by atoms with Gasteiger partial charge in [-0.1, -0.05) is 0 Å². The Morgan fingerprint density at radius 3 is 2.00 bits per heavy atom. The minimum Gasteiger partial charge on any atom is -0.478 e. The van der Waals surface area contributed by atoms with Crippen LogP contribution in [0.25, 0.3) is 6.08 Å². The topological polar surface area (TPSA) is 104 Å². The number of piperazine rings is 1. The number of rotatable bonds is 3. The fourth-order valence-corrected chi connectivity index (χ4v) is 1.48. The van der Waals surface area contributed by atoms with Crippen molar-refractivity contribution in [1.82, 2.24) is 10.6 Å². The number of hydrogen-bond acceptors (Lipinski definition) is 5. The summed E-state index contributed by atoms with van der Waals surface area (Å²) in [5, 5.41) is 25.0. The minimum absolute atomic E-state index is 0.0162. The molecule has 0 bridgehead atoms. The van der Waals surface area contributed by atoms with Gasteiger partial charge in [-0.05, 0) is 23.8 Å². The maximum Gasteiger partial charge on any atom is 0.328 e. The third-order valence-corrected chi connectivity index (χ3v) is 2.48. The van der Waals surface area contributed by atoms with E-state index < -0.39 is 10.9 Å². The molecule has 2 rings (SSSR count). The third kappa shape index (κ3) is 6.62. The van der Waals surface area contributed by atoms with E-state index in [-0.39, 0.29) is 5.69 Å². The zero-order valence-electron chi connectivity index (χ0n) is 10.9. The number of carboxylic acid groups (broad SMARTS) is 1. The second-order valence-corrected chi connectivity index (χ2v) is 4.02. The smallest absolute Gasteiger partial charge is 0.328 e. The van der Waals surface area contributed by atoms with Crippen molar-refractivity contribution in [1.29, 1.82) is 0 Å². The third-order valence-electron chi connectivity index (χ3n) is 2.48. The first kappa shape index (κ1) is 15.8. The quantitative estimate of drug-likeness (QED) is 0.431. The molecule has 3 N–H and O–H groups in total. The van der Waals surface area contributed by atoms with E-state index in [9.17, 15) is 14.9 Å². The number of nitro groups is 1. The standard InChI is InChI=1S/C9H7NO4.C4H10N2/c11-9(12)6-3-7-1-4-8(5-2-7)10(13)14;1-2-6-4-3-5-1/h1-6H,(H,11,12);5-6H,1-4H2/b6-3+;. The number of carboxylic acids is 1. The van der Waals surface area contributed by atoms with Crippen molar-refractivity contribution in [3.05, 3.63) is 46.0 Å². The Labute approximate surface area is 116 Å². The summed E-state index contributed by atoms with van der Waals surface area (Å²) in [4.78, 5) is 19.9. The second kappa shape index (κ2) is 8.78. The molecule has 0 aromatic heterocycles. The number of non-ortho nitro benzene ring substituents is 1. The number of nitrogens with zero attached hydrogens (tertiary/aromatic N) is 1. The van der Waals surface area contributed by atoms with Crippen molar-refractivity contribution >= 4 is 17.7 Å². The lowest BCUT2D eigenvalue weighted by Crippen LogP contribution is -2.39. The van der Waals surface area contributed by atoms with Crippen LogP contribution in [0.15, 0.2) is 30.3 Å². The van der Waals surface area contributed by atoms with E-state index in [4.69, 9.17) is 5.11 Å². The molecular formula is C13H17N3O4. The maximum absolute atomic E-state index is 10.3. The first-order chi connectivity index (χ1) is 9.59. The van der Waals surface area contributed by atoms with Crippen LogP contribution in [0.3, 0.4) is 0 Å². The van der Waals surface area contributed by atoms with E-state index in [1.165, 1.54) is 30.3 Å². The number of nitrogens with one attached hydrogen (secondary N) is 2. The van der Waals surface area contributed by atoms with Crippen molar-refractivity contribution in [3.63, 3.8) is 0 Å². The number of aliphatic carboxylic acids is 1. The molecule has 7 heteroatoms. The highest BCUT2D eigenvalue weighted by atomic mass is 16.6. The summed E-state index contributed by atoms with van der Waals surface area (Å²) in [6, 6.07) is 5.61. The molecule has 0 atom stereocenters. The highest BCUT2D eigenvalue weighted by molar-refractivity contribution is 5.85. The van der Waals surface area contributed by atoms with Gasteiger partial charge in [-0.3, -0.25) is 10.1 Å². The van der Waals surface area contributed by atoms with Gasteiger partial charge in [-0.2, -0.15) is 0 Å². The second-order valence-electron chi connectivity index (χ2n) is 4.02. The predicted molar refractivity (Wildman–Crippen MR) is 75.5 cm³/mol. The molecule has 108 valence electrons. The fraction of sp³-hybridized carbons (Fsp3) is 0.308. The van der Waals surface area contributed by atoms with Crippen LogP contribution in [0.1, 0.15) is 5.56 Å². The van der Waals surface area contributed by atoms with Crippen LogP contribution in [0.2, 0.25) is 0 Å². The summed E-state index contributed by atoms with van der Waals surface area (Å²) in [6.45, 7) is 4.56. The van der Waals surface area contributed by atoms with Crippen LogP contribution in [0, 0.1) is 10.1 Å². The molecule has 0 radical (unpaired) electrons. The molecular weight excluding hydrogens is 262 g/mol. The number of nitro benzene ring substituents is 1. The van der Waals surface area contributed by atoms with Gasteiger partial charge in [0.05, 0.1) is 4.92 Å². The Morgan fingerprint density at radius 1 is 1.15 bits per heavy atom. The van der Waals surface area contributed by atoms with E-state index >= 15 is 0 Å². The molecule has 7 nitrogen and oxygen atoms in total. The van der Waals surface area contributed by atoms with E-state index in [1.807, 2.05) is 0 Å². The van der Waals surface area contributed by atoms with Gasteiger partial charge in [-0.15, -0.1) is 0 Å². The summed E-state index contributed by atoms with van der Waals surface area (Å²) in [6.07, 6.45) is 2.34. The first-order valence-corrected chi connectivity index (χ1v) is 6.16. The zero-order chi connectivity index (χ0) is 14.8.